The molecular weight excluding hydrogens is 374 g/mol. The molecule has 2 aliphatic rings. The van der Waals surface area contributed by atoms with Crippen molar-refractivity contribution in [1.82, 2.24) is 14.8 Å². The highest BCUT2D eigenvalue weighted by atomic mass is 32.1. The van der Waals surface area contributed by atoms with Gasteiger partial charge in [-0.05, 0) is 6.08 Å². The topological polar surface area (TPSA) is 67.9 Å². The molecule has 4 heterocycles. The molecule has 0 aliphatic carbocycles. The second-order valence-electron chi connectivity index (χ2n) is 6.75. The van der Waals surface area contributed by atoms with Crippen LogP contribution >= 0.6 is 11.3 Å². The number of hydrogen-bond donors (Lipinski definition) is 0. The Morgan fingerprint density at radius 1 is 1.30 bits per heavy atom. The summed E-state index contributed by atoms with van der Waals surface area (Å²) in [6, 6.07) is 1.90. The maximum Gasteiger partial charge on any atom is 0.251 e. The van der Waals surface area contributed by atoms with Gasteiger partial charge >= 0.3 is 0 Å². The van der Waals surface area contributed by atoms with Crippen LogP contribution in [0.4, 0.5) is 14.6 Å². The van der Waals surface area contributed by atoms with Crippen molar-refractivity contribution in [2.75, 3.05) is 25.1 Å². The number of nitrogens with zero attached hydrogens (tertiary/aromatic N) is 6. The molecule has 27 heavy (non-hydrogen) atoms. The summed E-state index contributed by atoms with van der Waals surface area (Å²) in [6.45, 7) is 2.56. The average molecular weight is 394 g/mol. The van der Waals surface area contributed by atoms with Crippen LogP contribution in [-0.2, 0) is 4.74 Å². The lowest BCUT2D eigenvalue weighted by Crippen LogP contribution is -2.39. The van der Waals surface area contributed by atoms with Gasteiger partial charge in [-0.15, -0.1) is 16.5 Å². The van der Waals surface area contributed by atoms with Crippen molar-refractivity contribution in [3.8, 4) is 11.4 Å². The monoisotopic (exact) mass is 394 g/mol. The van der Waals surface area contributed by atoms with Gasteiger partial charge in [-0.2, -0.15) is 10.2 Å². The van der Waals surface area contributed by atoms with Crippen molar-refractivity contribution < 1.29 is 13.5 Å². The highest BCUT2D eigenvalue weighted by Gasteiger charge is 2.35. The van der Waals surface area contributed by atoms with Gasteiger partial charge in [-0.25, -0.2) is 18.4 Å². The van der Waals surface area contributed by atoms with Crippen LogP contribution in [0, 0.1) is 5.92 Å². The molecule has 2 aromatic heterocycles. The number of halogens is 2. The van der Waals surface area contributed by atoms with Crippen LogP contribution in [0.1, 0.15) is 25.9 Å². The molecule has 2 atom stereocenters. The van der Waals surface area contributed by atoms with Gasteiger partial charge in [-0.1, -0.05) is 6.92 Å². The summed E-state index contributed by atoms with van der Waals surface area (Å²) in [5, 5.41) is 15.1. The first-order valence-corrected chi connectivity index (χ1v) is 9.69. The van der Waals surface area contributed by atoms with Gasteiger partial charge in [0, 0.05) is 43.3 Å². The number of hydrogen-bond acceptors (Lipinski definition) is 7. The summed E-state index contributed by atoms with van der Waals surface area (Å²) in [5.74, 6) is -1.45. The standard InChI is InChI=1S/C17H20F2N6OS/c1-11-7-15(26-2)21-22-16(11)25-13(12-9-27-10-20-12)8-14(23-25)24-5-3-17(18,19)4-6-24/h7-11,16H,3-6H2,1-2H3. The van der Waals surface area contributed by atoms with E-state index in [0.717, 1.165) is 11.4 Å². The fourth-order valence-electron chi connectivity index (χ4n) is 3.28. The van der Waals surface area contributed by atoms with Crippen LogP contribution in [-0.4, -0.2) is 40.9 Å². The van der Waals surface area contributed by atoms with E-state index in [4.69, 9.17) is 9.84 Å². The zero-order valence-electron chi connectivity index (χ0n) is 15.0. The number of azo groups is 1. The molecule has 0 spiro atoms. The number of thiazole rings is 1. The third kappa shape index (κ3) is 3.58. The van der Waals surface area contributed by atoms with Gasteiger partial charge in [-0.3, -0.25) is 0 Å². The predicted molar refractivity (Wildman–Crippen MR) is 97.9 cm³/mol. The van der Waals surface area contributed by atoms with Crippen LogP contribution in [0.2, 0.25) is 0 Å². The van der Waals surface area contributed by atoms with Crippen LogP contribution in [0.15, 0.2) is 39.1 Å². The van der Waals surface area contributed by atoms with E-state index in [9.17, 15) is 8.78 Å². The second kappa shape index (κ2) is 6.99. The third-order valence-electron chi connectivity index (χ3n) is 4.85. The molecule has 7 nitrogen and oxygen atoms in total. The van der Waals surface area contributed by atoms with E-state index in [2.05, 4.69) is 15.2 Å². The Hall–Kier alpha value is -2.36. The van der Waals surface area contributed by atoms with E-state index in [1.165, 1.54) is 11.3 Å². The number of alkyl halides is 2. The first-order chi connectivity index (χ1) is 13.0. The average Bonchev–Trinajstić information content (AvgIpc) is 3.31. The van der Waals surface area contributed by atoms with Crippen LogP contribution in [0.3, 0.4) is 0 Å². The minimum atomic E-state index is -2.59. The summed E-state index contributed by atoms with van der Waals surface area (Å²) in [5.41, 5.74) is 3.33. The van der Waals surface area contributed by atoms with Gasteiger partial charge in [0.25, 0.3) is 5.92 Å². The molecule has 2 aromatic rings. The van der Waals surface area contributed by atoms with Crippen molar-refractivity contribution in [1.29, 1.82) is 0 Å². The Morgan fingerprint density at radius 2 is 2.07 bits per heavy atom. The van der Waals surface area contributed by atoms with Crippen molar-refractivity contribution in [2.45, 2.75) is 31.9 Å². The van der Waals surface area contributed by atoms with Crippen molar-refractivity contribution in [3.05, 3.63) is 28.9 Å². The van der Waals surface area contributed by atoms with E-state index in [1.807, 2.05) is 29.3 Å². The lowest BCUT2D eigenvalue weighted by molar-refractivity contribution is -0.0221. The van der Waals surface area contributed by atoms with Crippen molar-refractivity contribution in [3.63, 3.8) is 0 Å². The van der Waals surface area contributed by atoms with E-state index in [1.54, 1.807) is 17.3 Å². The molecule has 2 unspecified atom stereocenters. The molecule has 144 valence electrons. The van der Waals surface area contributed by atoms with Gasteiger partial charge < -0.3 is 9.64 Å². The van der Waals surface area contributed by atoms with E-state index in [0.29, 0.717) is 11.7 Å². The molecule has 10 heteroatoms. The van der Waals surface area contributed by atoms with E-state index < -0.39 is 5.92 Å². The van der Waals surface area contributed by atoms with Crippen molar-refractivity contribution >= 4 is 17.2 Å². The summed E-state index contributed by atoms with van der Waals surface area (Å²) in [7, 11) is 1.55. The summed E-state index contributed by atoms with van der Waals surface area (Å²) < 4.78 is 33.9. The van der Waals surface area contributed by atoms with Crippen LogP contribution in [0.5, 0.6) is 0 Å². The molecule has 0 amide bonds. The molecule has 1 fully saturated rings. The Balaban J connectivity index is 1.68. The molecule has 0 N–H and O–H groups in total. The lowest BCUT2D eigenvalue weighted by Gasteiger charge is -2.31. The molecule has 1 saturated heterocycles. The first kappa shape index (κ1) is 18.0. The minimum Gasteiger partial charge on any atom is -0.480 e. The number of ether oxygens (including phenoxy) is 1. The summed E-state index contributed by atoms with van der Waals surface area (Å²) in [6.07, 6.45) is 1.22. The Morgan fingerprint density at radius 3 is 2.70 bits per heavy atom. The number of rotatable bonds is 4. The van der Waals surface area contributed by atoms with Gasteiger partial charge in [0.1, 0.15) is 0 Å². The van der Waals surface area contributed by atoms with Gasteiger partial charge in [0.15, 0.2) is 12.0 Å². The number of anilines is 1. The second-order valence-corrected chi connectivity index (χ2v) is 7.46. The predicted octanol–water partition coefficient (Wildman–Crippen LogP) is 4.33. The summed E-state index contributed by atoms with van der Waals surface area (Å²) >= 11 is 1.49. The van der Waals surface area contributed by atoms with Crippen molar-refractivity contribution in [2.24, 2.45) is 16.1 Å². The van der Waals surface area contributed by atoms with E-state index >= 15 is 0 Å². The number of aromatic nitrogens is 3. The normalized spacial score (nSPS) is 24.7. The fraction of sp³-hybridized carbons (Fsp3) is 0.529. The molecule has 0 radical (unpaired) electrons. The summed E-state index contributed by atoms with van der Waals surface area (Å²) in [4.78, 5) is 6.28. The quantitative estimate of drug-likeness (QED) is 0.774. The molecule has 2 aliphatic heterocycles. The third-order valence-corrected chi connectivity index (χ3v) is 5.43. The lowest BCUT2D eigenvalue weighted by atomic mass is 10.1. The molecular formula is C17H20F2N6OS. The first-order valence-electron chi connectivity index (χ1n) is 8.74. The zero-order chi connectivity index (χ0) is 19.0. The van der Waals surface area contributed by atoms with Gasteiger partial charge in [0.05, 0.1) is 24.0 Å². The highest BCUT2D eigenvalue weighted by molar-refractivity contribution is 7.07. The largest absolute Gasteiger partial charge is 0.480 e. The Labute approximate surface area is 159 Å². The molecule has 0 aromatic carbocycles. The maximum absolute atomic E-state index is 13.5. The number of piperidine rings is 1. The zero-order valence-corrected chi connectivity index (χ0v) is 15.9. The molecule has 0 saturated carbocycles. The number of methoxy groups -OCH3 is 1. The van der Waals surface area contributed by atoms with Gasteiger partial charge in [0.2, 0.25) is 5.88 Å². The highest BCUT2D eigenvalue weighted by Crippen LogP contribution is 2.36. The Kier molecular flexibility index (Phi) is 4.67. The Bertz CT molecular complexity index is 853. The smallest absolute Gasteiger partial charge is 0.251 e. The fourth-order valence-corrected chi connectivity index (χ4v) is 3.82. The minimum absolute atomic E-state index is 0.00766. The molecule has 4 rings (SSSR count). The van der Waals surface area contributed by atoms with E-state index in [-0.39, 0.29) is 38.0 Å². The van der Waals surface area contributed by atoms with Crippen LogP contribution in [0.25, 0.3) is 11.4 Å². The SMILES string of the molecule is COC1=CC(C)C(n2nc(N3CCC(F)(F)CC3)cc2-c2cscn2)N=N1. The van der Waals surface area contributed by atoms with Crippen LogP contribution < -0.4 is 4.90 Å². The molecule has 0 bridgehead atoms. The maximum atomic E-state index is 13.5.